The van der Waals surface area contributed by atoms with E-state index in [0.717, 1.165) is 29.5 Å². The number of nitrogens with zero attached hydrogens (tertiary/aromatic N) is 3. The number of pyridine rings is 1. The largest absolute Gasteiger partial charge is 0.308 e. The van der Waals surface area contributed by atoms with Crippen LogP contribution < -0.4 is 5.32 Å². The van der Waals surface area contributed by atoms with Crippen molar-refractivity contribution in [3.63, 3.8) is 0 Å². The number of nitrogens with one attached hydrogen (secondary N) is 1. The lowest BCUT2D eigenvalue weighted by Gasteiger charge is -2.09. The molecule has 0 bridgehead atoms. The van der Waals surface area contributed by atoms with Gasteiger partial charge in [0.25, 0.3) is 0 Å². The first kappa shape index (κ1) is 13.8. The van der Waals surface area contributed by atoms with E-state index in [0.29, 0.717) is 0 Å². The van der Waals surface area contributed by atoms with E-state index in [1.54, 1.807) is 17.1 Å². The molecule has 0 aliphatic heterocycles. The molecule has 0 saturated carbocycles. The summed E-state index contributed by atoms with van der Waals surface area (Å²) in [4.78, 5) is 4.40. The molecular formula is C16H15ClN4. The third-order valence-electron chi connectivity index (χ3n) is 3.15. The fraction of sp³-hybridized carbons (Fsp3) is 0.125. The van der Waals surface area contributed by atoms with Crippen LogP contribution >= 0.6 is 11.6 Å². The minimum absolute atomic E-state index is 0.728. The third-order valence-corrected chi connectivity index (χ3v) is 3.40. The van der Waals surface area contributed by atoms with Crippen LogP contribution in [0.4, 0.5) is 0 Å². The third kappa shape index (κ3) is 3.48. The average Bonchev–Trinajstić information content (AvgIpc) is 3.04. The molecule has 2 aromatic heterocycles. The van der Waals surface area contributed by atoms with E-state index in [4.69, 9.17) is 11.6 Å². The van der Waals surface area contributed by atoms with Gasteiger partial charge in [0.2, 0.25) is 0 Å². The van der Waals surface area contributed by atoms with Crippen LogP contribution in [0.5, 0.6) is 0 Å². The number of halogens is 1. The molecule has 3 aromatic rings. The molecule has 0 fully saturated rings. The van der Waals surface area contributed by atoms with Crippen LogP contribution in [0.3, 0.4) is 0 Å². The molecule has 0 spiro atoms. The van der Waals surface area contributed by atoms with Crippen LogP contribution in [0.15, 0.2) is 61.1 Å². The lowest BCUT2D eigenvalue weighted by atomic mass is 10.2. The topological polar surface area (TPSA) is 42.7 Å². The van der Waals surface area contributed by atoms with Crippen LogP contribution in [0.25, 0.3) is 5.82 Å². The van der Waals surface area contributed by atoms with E-state index in [9.17, 15) is 0 Å². The lowest BCUT2D eigenvalue weighted by molar-refractivity contribution is 0.681. The summed E-state index contributed by atoms with van der Waals surface area (Å²) in [5.41, 5.74) is 2.30. The van der Waals surface area contributed by atoms with Crippen molar-refractivity contribution in [1.82, 2.24) is 20.1 Å². The normalized spacial score (nSPS) is 10.7. The number of aromatic nitrogens is 3. The first-order valence-corrected chi connectivity index (χ1v) is 7.10. The Balaban J connectivity index is 1.67. The van der Waals surface area contributed by atoms with Crippen molar-refractivity contribution < 1.29 is 0 Å². The maximum Gasteiger partial charge on any atom is 0.157 e. The Morgan fingerprint density at radius 2 is 1.86 bits per heavy atom. The molecule has 0 aliphatic rings. The summed E-state index contributed by atoms with van der Waals surface area (Å²) in [6.07, 6.45) is 5.42. The summed E-state index contributed by atoms with van der Waals surface area (Å²) in [6, 6.07) is 13.7. The summed E-state index contributed by atoms with van der Waals surface area (Å²) in [5.74, 6) is 0.853. The number of rotatable bonds is 5. The number of hydrogen-bond donors (Lipinski definition) is 1. The van der Waals surface area contributed by atoms with Gasteiger partial charge in [-0.2, -0.15) is 5.10 Å². The Morgan fingerprint density at radius 3 is 2.62 bits per heavy atom. The van der Waals surface area contributed by atoms with Crippen LogP contribution in [-0.4, -0.2) is 14.8 Å². The van der Waals surface area contributed by atoms with Gasteiger partial charge in [-0.25, -0.2) is 9.67 Å². The molecule has 0 atom stereocenters. The Hall–Kier alpha value is -2.17. The summed E-state index contributed by atoms with van der Waals surface area (Å²) in [6.45, 7) is 1.51. The molecule has 1 aromatic carbocycles. The molecule has 5 heteroatoms. The highest BCUT2D eigenvalue weighted by molar-refractivity contribution is 6.30. The zero-order valence-electron chi connectivity index (χ0n) is 11.4. The smallest absolute Gasteiger partial charge is 0.157 e. The number of hydrogen-bond acceptors (Lipinski definition) is 3. The monoisotopic (exact) mass is 298 g/mol. The minimum Gasteiger partial charge on any atom is -0.308 e. The van der Waals surface area contributed by atoms with Crippen molar-refractivity contribution >= 4 is 11.6 Å². The highest BCUT2D eigenvalue weighted by atomic mass is 35.5. The van der Waals surface area contributed by atoms with Gasteiger partial charge in [0.15, 0.2) is 5.82 Å². The quantitative estimate of drug-likeness (QED) is 0.786. The minimum atomic E-state index is 0.728. The summed E-state index contributed by atoms with van der Waals surface area (Å²) in [5, 5.41) is 8.41. The second-order valence-corrected chi connectivity index (χ2v) is 5.10. The van der Waals surface area contributed by atoms with Gasteiger partial charge in [0, 0.05) is 42.3 Å². The summed E-state index contributed by atoms with van der Waals surface area (Å²) < 4.78 is 1.78. The van der Waals surface area contributed by atoms with E-state index in [1.165, 1.54) is 5.56 Å². The first-order valence-electron chi connectivity index (χ1n) is 6.72. The molecular weight excluding hydrogens is 284 g/mol. The first-order chi connectivity index (χ1) is 10.3. The van der Waals surface area contributed by atoms with E-state index < -0.39 is 0 Å². The van der Waals surface area contributed by atoms with Crippen molar-refractivity contribution in [2.24, 2.45) is 0 Å². The highest BCUT2D eigenvalue weighted by Gasteiger charge is 2.05. The van der Waals surface area contributed by atoms with E-state index >= 15 is 0 Å². The molecule has 0 unspecified atom stereocenters. The maximum absolute atomic E-state index is 5.88. The second kappa shape index (κ2) is 6.52. The van der Waals surface area contributed by atoms with Gasteiger partial charge in [-0.05, 0) is 29.8 Å². The van der Waals surface area contributed by atoms with Gasteiger partial charge in [-0.15, -0.1) is 0 Å². The fourth-order valence-electron chi connectivity index (χ4n) is 2.11. The van der Waals surface area contributed by atoms with Gasteiger partial charge >= 0.3 is 0 Å². The summed E-state index contributed by atoms with van der Waals surface area (Å²) >= 11 is 5.88. The zero-order chi connectivity index (χ0) is 14.5. The molecule has 0 saturated heterocycles. The van der Waals surface area contributed by atoms with E-state index in [2.05, 4.69) is 21.5 Å². The Kier molecular flexibility index (Phi) is 4.28. The molecule has 3 rings (SSSR count). The van der Waals surface area contributed by atoms with Gasteiger partial charge in [-0.1, -0.05) is 29.8 Å². The second-order valence-electron chi connectivity index (χ2n) is 4.67. The highest BCUT2D eigenvalue weighted by Crippen LogP contribution is 2.11. The SMILES string of the molecule is Clc1ccc(CNCc2cccnc2-n2cccn2)cc1. The zero-order valence-corrected chi connectivity index (χ0v) is 12.2. The van der Waals surface area contributed by atoms with Crippen molar-refractivity contribution in [1.29, 1.82) is 0 Å². The van der Waals surface area contributed by atoms with Crippen molar-refractivity contribution in [3.05, 3.63) is 77.2 Å². The van der Waals surface area contributed by atoms with Crippen molar-refractivity contribution in [3.8, 4) is 5.82 Å². The molecule has 0 aliphatic carbocycles. The van der Waals surface area contributed by atoms with Crippen LogP contribution in [0, 0.1) is 0 Å². The van der Waals surface area contributed by atoms with Gasteiger partial charge < -0.3 is 5.32 Å². The average molecular weight is 299 g/mol. The molecule has 0 amide bonds. The molecule has 21 heavy (non-hydrogen) atoms. The van der Waals surface area contributed by atoms with E-state index in [-0.39, 0.29) is 0 Å². The Labute approximate surface area is 128 Å². The van der Waals surface area contributed by atoms with Crippen molar-refractivity contribution in [2.75, 3.05) is 0 Å². The number of benzene rings is 1. The molecule has 0 radical (unpaired) electrons. The molecule has 2 heterocycles. The predicted octanol–water partition coefficient (Wildman–Crippen LogP) is 3.21. The standard InChI is InChI=1S/C16H15ClN4/c17-15-6-4-13(5-7-15)11-18-12-14-3-1-8-19-16(14)21-10-2-9-20-21/h1-10,18H,11-12H2. The van der Waals surface area contributed by atoms with Gasteiger partial charge in [0.05, 0.1) is 0 Å². The summed E-state index contributed by atoms with van der Waals surface area (Å²) in [7, 11) is 0. The van der Waals surface area contributed by atoms with Gasteiger partial charge in [-0.3, -0.25) is 0 Å². The predicted molar refractivity (Wildman–Crippen MR) is 83.4 cm³/mol. The fourth-order valence-corrected chi connectivity index (χ4v) is 2.24. The molecule has 1 N–H and O–H groups in total. The Bertz CT molecular complexity index is 693. The van der Waals surface area contributed by atoms with Crippen LogP contribution in [0.1, 0.15) is 11.1 Å². The van der Waals surface area contributed by atoms with Gasteiger partial charge in [0.1, 0.15) is 0 Å². The maximum atomic E-state index is 5.88. The lowest BCUT2D eigenvalue weighted by Crippen LogP contribution is -2.15. The van der Waals surface area contributed by atoms with E-state index in [1.807, 2.05) is 42.6 Å². The van der Waals surface area contributed by atoms with Crippen LogP contribution in [0.2, 0.25) is 5.02 Å². The Morgan fingerprint density at radius 1 is 1.00 bits per heavy atom. The molecule has 106 valence electrons. The van der Waals surface area contributed by atoms with Crippen molar-refractivity contribution in [2.45, 2.75) is 13.1 Å². The molecule has 4 nitrogen and oxygen atoms in total. The van der Waals surface area contributed by atoms with Crippen LogP contribution in [-0.2, 0) is 13.1 Å².